The van der Waals surface area contributed by atoms with Gasteiger partial charge in [0.2, 0.25) is 5.88 Å². The number of carboxylic acid groups (broad SMARTS) is 1. The molecule has 142 valence electrons. The second kappa shape index (κ2) is 6.87. The standard InChI is InChI=1S/C22H26N2O3/c1-27-19-14-17(5-12-23-19)16-3-2-4-18(13-16)24-15-21-6-9-22(10-7-21,11-8-21)20(25)26/h2-5,12-14,24H,6-11,15H2,1H3,(H,25,26). The fourth-order valence-corrected chi connectivity index (χ4v) is 4.65. The molecule has 2 bridgehead atoms. The van der Waals surface area contributed by atoms with E-state index in [1.165, 1.54) is 0 Å². The number of hydrogen-bond acceptors (Lipinski definition) is 4. The Morgan fingerprint density at radius 1 is 1.11 bits per heavy atom. The third-order valence-electron chi connectivity index (χ3n) is 6.66. The van der Waals surface area contributed by atoms with Crippen molar-refractivity contribution in [1.29, 1.82) is 0 Å². The second-order valence-corrected chi connectivity index (χ2v) is 8.11. The van der Waals surface area contributed by atoms with Crippen molar-refractivity contribution in [3.63, 3.8) is 0 Å². The molecule has 0 aliphatic heterocycles. The summed E-state index contributed by atoms with van der Waals surface area (Å²) in [6, 6.07) is 12.3. The normalized spacial score (nSPS) is 26.6. The maximum absolute atomic E-state index is 11.6. The van der Waals surface area contributed by atoms with Crippen LogP contribution >= 0.6 is 0 Å². The molecule has 0 spiro atoms. The summed E-state index contributed by atoms with van der Waals surface area (Å²) in [6.45, 7) is 0.909. The van der Waals surface area contributed by atoms with E-state index in [4.69, 9.17) is 4.74 Å². The average molecular weight is 366 g/mol. The highest BCUT2D eigenvalue weighted by Gasteiger charge is 2.52. The molecular weight excluding hydrogens is 340 g/mol. The van der Waals surface area contributed by atoms with E-state index in [1.54, 1.807) is 13.3 Å². The van der Waals surface area contributed by atoms with Crippen molar-refractivity contribution in [2.45, 2.75) is 38.5 Å². The summed E-state index contributed by atoms with van der Waals surface area (Å²) in [5.74, 6) is 0.0142. The first-order chi connectivity index (χ1) is 13.0. The summed E-state index contributed by atoms with van der Waals surface area (Å²) in [4.78, 5) is 15.8. The molecule has 1 aromatic carbocycles. The van der Waals surface area contributed by atoms with Crippen LogP contribution in [-0.2, 0) is 4.79 Å². The van der Waals surface area contributed by atoms with Gasteiger partial charge in [-0.3, -0.25) is 4.79 Å². The van der Waals surface area contributed by atoms with E-state index in [0.717, 1.165) is 61.9 Å². The Morgan fingerprint density at radius 2 is 1.81 bits per heavy atom. The lowest BCUT2D eigenvalue weighted by atomic mass is 9.53. The minimum Gasteiger partial charge on any atom is -0.481 e. The van der Waals surface area contributed by atoms with Crippen LogP contribution in [0.4, 0.5) is 5.69 Å². The number of benzene rings is 1. The zero-order chi connectivity index (χ0) is 18.9. The van der Waals surface area contributed by atoms with Crippen LogP contribution in [0.25, 0.3) is 11.1 Å². The van der Waals surface area contributed by atoms with Crippen molar-refractivity contribution in [3.05, 3.63) is 42.6 Å². The van der Waals surface area contributed by atoms with Crippen LogP contribution < -0.4 is 10.1 Å². The van der Waals surface area contributed by atoms with E-state index in [-0.39, 0.29) is 5.41 Å². The molecule has 0 radical (unpaired) electrons. The van der Waals surface area contributed by atoms with Crippen LogP contribution in [0.1, 0.15) is 38.5 Å². The molecule has 27 heavy (non-hydrogen) atoms. The molecule has 1 aromatic heterocycles. The Bertz CT molecular complexity index is 824. The molecule has 5 rings (SSSR count). The molecular formula is C22H26N2O3. The fraction of sp³-hybridized carbons (Fsp3) is 0.455. The molecule has 0 saturated heterocycles. The molecule has 0 atom stereocenters. The van der Waals surface area contributed by atoms with E-state index in [2.05, 4.69) is 34.6 Å². The number of hydrogen-bond donors (Lipinski definition) is 2. The maximum Gasteiger partial charge on any atom is 0.309 e. The smallest absolute Gasteiger partial charge is 0.309 e. The molecule has 2 aromatic rings. The average Bonchev–Trinajstić information content (AvgIpc) is 2.74. The summed E-state index contributed by atoms with van der Waals surface area (Å²) >= 11 is 0. The van der Waals surface area contributed by atoms with Crippen molar-refractivity contribution < 1.29 is 14.6 Å². The van der Waals surface area contributed by atoms with Gasteiger partial charge < -0.3 is 15.2 Å². The Kier molecular flexibility index (Phi) is 4.54. The number of carboxylic acids is 1. The second-order valence-electron chi connectivity index (χ2n) is 8.11. The molecule has 1 heterocycles. The minimum atomic E-state index is -0.593. The van der Waals surface area contributed by atoms with Gasteiger partial charge in [-0.15, -0.1) is 0 Å². The van der Waals surface area contributed by atoms with Crippen LogP contribution in [0.3, 0.4) is 0 Å². The van der Waals surface area contributed by atoms with Crippen molar-refractivity contribution in [2.24, 2.45) is 10.8 Å². The van der Waals surface area contributed by atoms with E-state index in [1.807, 2.05) is 12.1 Å². The van der Waals surface area contributed by atoms with Gasteiger partial charge in [-0.1, -0.05) is 12.1 Å². The highest BCUT2D eigenvalue weighted by Crippen LogP contribution is 2.56. The summed E-state index contributed by atoms with van der Waals surface area (Å²) in [7, 11) is 1.62. The van der Waals surface area contributed by atoms with E-state index >= 15 is 0 Å². The number of methoxy groups -OCH3 is 1. The Morgan fingerprint density at radius 3 is 2.48 bits per heavy atom. The van der Waals surface area contributed by atoms with E-state index in [9.17, 15) is 9.90 Å². The van der Waals surface area contributed by atoms with Gasteiger partial charge in [0, 0.05) is 24.5 Å². The predicted octanol–water partition coefficient (Wildman–Crippen LogP) is 4.59. The fourth-order valence-electron chi connectivity index (χ4n) is 4.65. The van der Waals surface area contributed by atoms with Gasteiger partial charge in [-0.25, -0.2) is 4.98 Å². The Labute approximate surface area is 159 Å². The van der Waals surface area contributed by atoms with E-state index in [0.29, 0.717) is 5.88 Å². The van der Waals surface area contributed by atoms with Crippen LogP contribution in [0.15, 0.2) is 42.6 Å². The van der Waals surface area contributed by atoms with Crippen LogP contribution in [0.5, 0.6) is 5.88 Å². The van der Waals surface area contributed by atoms with Crippen molar-refractivity contribution >= 4 is 11.7 Å². The van der Waals surface area contributed by atoms with Gasteiger partial charge in [-0.2, -0.15) is 0 Å². The largest absolute Gasteiger partial charge is 0.481 e. The van der Waals surface area contributed by atoms with Crippen LogP contribution in [0.2, 0.25) is 0 Å². The summed E-state index contributed by atoms with van der Waals surface area (Å²) in [5.41, 5.74) is 3.09. The predicted molar refractivity (Wildman–Crippen MR) is 105 cm³/mol. The first-order valence-electron chi connectivity index (χ1n) is 9.62. The molecule has 3 aliphatic carbocycles. The highest BCUT2D eigenvalue weighted by molar-refractivity contribution is 5.75. The zero-order valence-corrected chi connectivity index (χ0v) is 15.7. The van der Waals surface area contributed by atoms with Crippen molar-refractivity contribution in [3.8, 4) is 17.0 Å². The maximum atomic E-state index is 11.6. The zero-order valence-electron chi connectivity index (χ0n) is 15.7. The molecule has 5 heteroatoms. The Hall–Kier alpha value is -2.56. The number of anilines is 1. The van der Waals surface area contributed by atoms with Gasteiger partial charge in [0.15, 0.2) is 0 Å². The SMILES string of the molecule is COc1cc(-c2cccc(NCC34CCC(C(=O)O)(CC3)CC4)c2)ccn1. The third kappa shape index (κ3) is 3.38. The monoisotopic (exact) mass is 366 g/mol. The molecule has 0 unspecified atom stereocenters. The molecule has 3 saturated carbocycles. The summed E-state index contributed by atoms with van der Waals surface area (Å²) in [6.07, 6.45) is 7.24. The molecule has 3 fully saturated rings. The number of carbonyl (C=O) groups is 1. The topological polar surface area (TPSA) is 71.5 Å². The molecule has 3 aliphatic rings. The van der Waals surface area contributed by atoms with Crippen LogP contribution in [-0.4, -0.2) is 29.7 Å². The molecule has 5 nitrogen and oxygen atoms in total. The lowest BCUT2D eigenvalue weighted by Crippen LogP contribution is -2.48. The lowest BCUT2D eigenvalue weighted by molar-refractivity contribution is -0.158. The number of rotatable bonds is 6. The highest BCUT2D eigenvalue weighted by atomic mass is 16.5. The van der Waals surface area contributed by atoms with Crippen molar-refractivity contribution in [2.75, 3.05) is 19.0 Å². The summed E-state index contributed by atoms with van der Waals surface area (Å²) < 4.78 is 5.22. The lowest BCUT2D eigenvalue weighted by Gasteiger charge is -2.51. The van der Waals surface area contributed by atoms with Gasteiger partial charge in [0.25, 0.3) is 0 Å². The first kappa shape index (κ1) is 17.8. The van der Waals surface area contributed by atoms with Gasteiger partial charge in [0.1, 0.15) is 0 Å². The number of aromatic nitrogens is 1. The number of aliphatic carboxylic acids is 1. The molecule has 0 amide bonds. The molecule has 2 N–H and O–H groups in total. The van der Waals surface area contributed by atoms with E-state index < -0.39 is 11.4 Å². The number of ether oxygens (including phenoxy) is 1. The first-order valence-corrected chi connectivity index (χ1v) is 9.62. The van der Waals surface area contributed by atoms with Gasteiger partial charge >= 0.3 is 5.97 Å². The number of nitrogens with one attached hydrogen (secondary N) is 1. The summed E-state index contributed by atoms with van der Waals surface area (Å²) in [5, 5.41) is 13.2. The van der Waals surface area contributed by atoms with Crippen molar-refractivity contribution in [1.82, 2.24) is 4.98 Å². The quantitative estimate of drug-likeness (QED) is 0.782. The minimum absolute atomic E-state index is 0.243. The van der Waals surface area contributed by atoms with Gasteiger partial charge in [0.05, 0.1) is 12.5 Å². The third-order valence-corrected chi connectivity index (χ3v) is 6.66. The van der Waals surface area contributed by atoms with Crippen LogP contribution in [0, 0.1) is 10.8 Å². The number of fused-ring (bicyclic) bond motifs is 3. The Balaban J connectivity index is 1.45. The van der Waals surface area contributed by atoms with Gasteiger partial charge in [-0.05, 0) is 73.3 Å². The number of pyridine rings is 1. The number of nitrogens with zero attached hydrogens (tertiary/aromatic N) is 1.